The van der Waals surface area contributed by atoms with Gasteiger partial charge in [-0.3, -0.25) is 0 Å². The van der Waals surface area contributed by atoms with Crippen LogP contribution in [0.4, 0.5) is 5.82 Å². The zero-order valence-corrected chi connectivity index (χ0v) is 13.9. The number of ether oxygens (including phenoxy) is 1. The maximum Gasteiger partial charge on any atom is 0.342 e. The highest BCUT2D eigenvalue weighted by Gasteiger charge is 2.24. The number of furan rings is 1. The summed E-state index contributed by atoms with van der Waals surface area (Å²) in [7, 11) is 0. The van der Waals surface area contributed by atoms with Crippen molar-refractivity contribution in [2.75, 3.05) is 11.9 Å². The average molecular weight is 325 g/mol. The maximum absolute atomic E-state index is 12.3. The van der Waals surface area contributed by atoms with Crippen LogP contribution in [0.3, 0.4) is 0 Å². The average Bonchev–Trinajstić information content (AvgIpc) is 2.89. The largest absolute Gasteiger partial charge is 0.462 e. The minimum absolute atomic E-state index is 0.296. The summed E-state index contributed by atoms with van der Waals surface area (Å²) in [5, 5.41) is 3.84. The molecule has 0 saturated heterocycles. The second-order valence-corrected chi connectivity index (χ2v) is 5.39. The highest BCUT2D eigenvalue weighted by Crippen LogP contribution is 2.30. The van der Waals surface area contributed by atoms with Crippen molar-refractivity contribution < 1.29 is 13.9 Å². The van der Waals surface area contributed by atoms with E-state index in [1.54, 1.807) is 20.8 Å². The second kappa shape index (κ2) is 6.70. The molecule has 0 bridgehead atoms. The van der Waals surface area contributed by atoms with E-state index in [2.05, 4.69) is 15.3 Å². The first-order valence-corrected chi connectivity index (χ1v) is 7.82. The number of fused-ring (bicyclic) bond motifs is 1. The van der Waals surface area contributed by atoms with Crippen LogP contribution < -0.4 is 5.32 Å². The Morgan fingerprint density at radius 2 is 1.96 bits per heavy atom. The number of anilines is 1. The minimum atomic E-state index is -0.427. The number of carbonyl (C=O) groups excluding carboxylic acids is 1. The normalized spacial score (nSPS) is 10.8. The van der Waals surface area contributed by atoms with Gasteiger partial charge in [-0.1, -0.05) is 30.3 Å². The molecule has 1 aromatic carbocycles. The van der Waals surface area contributed by atoms with Gasteiger partial charge in [0, 0.05) is 6.54 Å². The van der Waals surface area contributed by atoms with Gasteiger partial charge < -0.3 is 14.5 Å². The number of aromatic nitrogens is 2. The van der Waals surface area contributed by atoms with E-state index in [9.17, 15) is 4.79 Å². The fourth-order valence-corrected chi connectivity index (χ4v) is 2.58. The van der Waals surface area contributed by atoms with Gasteiger partial charge in [0.1, 0.15) is 23.0 Å². The molecule has 0 atom stereocenters. The maximum atomic E-state index is 12.3. The lowest BCUT2D eigenvalue weighted by molar-refractivity contribution is 0.0526. The SMILES string of the molecule is CCOC(=O)c1c(C)oc2nc(C)nc(NCc3ccccc3)c12. The standard InChI is InChI=1S/C18H19N3O3/c1-4-23-18(22)14-11(2)24-17-15(14)16(20-12(3)21-17)19-10-13-8-6-5-7-9-13/h5-9H,4,10H2,1-3H3,(H,19,20,21). The molecule has 1 N–H and O–H groups in total. The molecule has 24 heavy (non-hydrogen) atoms. The number of hydrogen-bond acceptors (Lipinski definition) is 6. The van der Waals surface area contributed by atoms with Crippen molar-refractivity contribution in [1.29, 1.82) is 0 Å². The molecule has 3 rings (SSSR count). The molecule has 0 saturated carbocycles. The second-order valence-electron chi connectivity index (χ2n) is 5.39. The summed E-state index contributed by atoms with van der Waals surface area (Å²) < 4.78 is 10.8. The van der Waals surface area contributed by atoms with Crippen molar-refractivity contribution in [1.82, 2.24) is 9.97 Å². The van der Waals surface area contributed by atoms with Crippen molar-refractivity contribution in [2.24, 2.45) is 0 Å². The zero-order chi connectivity index (χ0) is 17.1. The van der Waals surface area contributed by atoms with Crippen LogP contribution in [0.1, 0.15) is 34.4 Å². The van der Waals surface area contributed by atoms with Gasteiger partial charge >= 0.3 is 5.97 Å². The van der Waals surface area contributed by atoms with E-state index in [1.165, 1.54) is 0 Å². The van der Waals surface area contributed by atoms with E-state index in [4.69, 9.17) is 9.15 Å². The first kappa shape index (κ1) is 16.0. The molecule has 0 fully saturated rings. The molecule has 6 heteroatoms. The quantitative estimate of drug-likeness (QED) is 0.722. The Kier molecular flexibility index (Phi) is 4.46. The fraction of sp³-hybridized carbons (Fsp3) is 0.278. The van der Waals surface area contributed by atoms with Gasteiger partial charge in [0.2, 0.25) is 5.71 Å². The third-order valence-electron chi connectivity index (χ3n) is 3.62. The first-order valence-electron chi connectivity index (χ1n) is 7.82. The monoisotopic (exact) mass is 325 g/mol. The number of esters is 1. The van der Waals surface area contributed by atoms with Crippen molar-refractivity contribution >= 4 is 22.9 Å². The van der Waals surface area contributed by atoms with E-state index < -0.39 is 5.97 Å². The van der Waals surface area contributed by atoms with Crippen LogP contribution in [0.2, 0.25) is 0 Å². The highest BCUT2D eigenvalue weighted by molar-refractivity contribution is 6.07. The molecule has 2 aromatic heterocycles. The summed E-state index contributed by atoms with van der Waals surface area (Å²) >= 11 is 0. The third kappa shape index (κ3) is 3.08. The van der Waals surface area contributed by atoms with Crippen LogP contribution in [0.25, 0.3) is 11.1 Å². The number of hydrogen-bond donors (Lipinski definition) is 1. The van der Waals surface area contributed by atoms with Crippen LogP contribution in [-0.4, -0.2) is 22.5 Å². The highest BCUT2D eigenvalue weighted by atomic mass is 16.5. The lowest BCUT2D eigenvalue weighted by Gasteiger charge is -2.08. The Bertz CT molecular complexity index is 872. The van der Waals surface area contributed by atoms with Crippen LogP contribution in [0, 0.1) is 13.8 Å². The molecule has 3 aromatic rings. The van der Waals surface area contributed by atoms with Crippen LogP contribution in [0.5, 0.6) is 0 Å². The summed E-state index contributed by atoms with van der Waals surface area (Å²) in [6, 6.07) is 9.96. The Morgan fingerprint density at radius 1 is 1.21 bits per heavy atom. The molecular formula is C18H19N3O3. The number of aryl methyl sites for hydroxylation is 2. The summed E-state index contributed by atoms with van der Waals surface area (Å²) in [4.78, 5) is 21.0. The summed E-state index contributed by atoms with van der Waals surface area (Å²) in [5.74, 6) is 1.19. The van der Waals surface area contributed by atoms with Crippen molar-refractivity contribution in [3.63, 3.8) is 0 Å². The topological polar surface area (TPSA) is 77.2 Å². The van der Waals surface area contributed by atoms with Gasteiger partial charge in [0.05, 0.1) is 12.0 Å². The number of carbonyl (C=O) groups is 1. The Labute approximate surface area is 139 Å². The molecule has 0 aliphatic heterocycles. The fourth-order valence-electron chi connectivity index (χ4n) is 2.58. The lowest BCUT2D eigenvalue weighted by atomic mass is 10.1. The zero-order valence-electron chi connectivity index (χ0n) is 13.9. The Hall–Kier alpha value is -2.89. The predicted octanol–water partition coefficient (Wildman–Crippen LogP) is 3.63. The molecule has 0 aliphatic rings. The molecule has 2 heterocycles. The van der Waals surface area contributed by atoms with Crippen LogP contribution in [0.15, 0.2) is 34.7 Å². The number of benzene rings is 1. The molecular weight excluding hydrogens is 306 g/mol. The van der Waals surface area contributed by atoms with Crippen LogP contribution in [-0.2, 0) is 11.3 Å². The van der Waals surface area contributed by atoms with E-state index in [0.29, 0.717) is 47.2 Å². The Balaban J connectivity index is 2.03. The number of nitrogens with one attached hydrogen (secondary N) is 1. The van der Waals surface area contributed by atoms with E-state index >= 15 is 0 Å². The van der Waals surface area contributed by atoms with E-state index in [-0.39, 0.29) is 0 Å². The third-order valence-corrected chi connectivity index (χ3v) is 3.62. The molecule has 0 radical (unpaired) electrons. The van der Waals surface area contributed by atoms with Gasteiger partial charge in [-0.25, -0.2) is 9.78 Å². The van der Waals surface area contributed by atoms with Crippen molar-refractivity contribution in [2.45, 2.75) is 27.3 Å². The molecule has 124 valence electrons. The summed E-state index contributed by atoms with van der Waals surface area (Å²) in [5.41, 5.74) is 1.88. The minimum Gasteiger partial charge on any atom is -0.462 e. The van der Waals surface area contributed by atoms with E-state index in [0.717, 1.165) is 5.56 Å². The van der Waals surface area contributed by atoms with E-state index in [1.807, 2.05) is 30.3 Å². The van der Waals surface area contributed by atoms with Crippen molar-refractivity contribution in [3.8, 4) is 0 Å². The van der Waals surface area contributed by atoms with Gasteiger partial charge in [-0.2, -0.15) is 4.98 Å². The molecule has 0 aliphatic carbocycles. The lowest BCUT2D eigenvalue weighted by Crippen LogP contribution is -2.08. The van der Waals surface area contributed by atoms with Gasteiger partial charge in [0.25, 0.3) is 0 Å². The Morgan fingerprint density at radius 3 is 2.67 bits per heavy atom. The molecule has 6 nitrogen and oxygen atoms in total. The van der Waals surface area contributed by atoms with Crippen molar-refractivity contribution in [3.05, 3.63) is 53.0 Å². The number of rotatable bonds is 5. The van der Waals surface area contributed by atoms with Gasteiger partial charge in [-0.15, -0.1) is 0 Å². The van der Waals surface area contributed by atoms with Gasteiger partial charge in [-0.05, 0) is 26.3 Å². The molecule has 0 amide bonds. The van der Waals surface area contributed by atoms with Crippen LogP contribution >= 0.6 is 0 Å². The predicted molar refractivity (Wildman–Crippen MR) is 91.0 cm³/mol. The summed E-state index contributed by atoms with van der Waals surface area (Å²) in [6.45, 7) is 6.16. The smallest absolute Gasteiger partial charge is 0.342 e. The summed E-state index contributed by atoms with van der Waals surface area (Å²) in [6.07, 6.45) is 0. The van der Waals surface area contributed by atoms with Gasteiger partial charge in [0.15, 0.2) is 0 Å². The number of nitrogens with zero attached hydrogens (tertiary/aromatic N) is 2. The first-order chi connectivity index (χ1) is 11.6. The molecule has 0 spiro atoms. The molecule has 0 unspecified atom stereocenters.